The molecule has 2 bridgehead atoms. The molecule has 0 N–H and O–H groups in total. The molecule has 0 aromatic rings. The molecule has 0 saturated carbocycles. The van der Waals surface area contributed by atoms with Crippen LogP contribution in [0.1, 0.15) is 59.3 Å². The van der Waals surface area contributed by atoms with E-state index in [0.717, 1.165) is 32.1 Å². The van der Waals surface area contributed by atoms with Gasteiger partial charge in [-0.25, -0.2) is 4.79 Å². The van der Waals surface area contributed by atoms with Crippen molar-refractivity contribution in [2.45, 2.75) is 84.5 Å². The van der Waals surface area contributed by atoms with Crippen LogP contribution in [0.2, 0.25) is 0 Å². The second-order valence-electron chi connectivity index (χ2n) is 8.31. The third kappa shape index (κ3) is 3.98. The van der Waals surface area contributed by atoms with E-state index >= 15 is 0 Å². The summed E-state index contributed by atoms with van der Waals surface area (Å²) in [7, 11) is 0. The average molecular weight is 570 g/mol. The predicted octanol–water partition coefficient (Wildman–Crippen LogP) is 5.54. The summed E-state index contributed by atoms with van der Waals surface area (Å²) in [5.74, 6) is -0.116. The first-order valence-electron chi connectivity index (χ1n) is 9.18. The number of alkyl halides is 2. The van der Waals surface area contributed by atoms with Gasteiger partial charge in [0.2, 0.25) is 0 Å². The third-order valence-electron chi connectivity index (χ3n) is 6.22. The van der Waals surface area contributed by atoms with Gasteiger partial charge in [-0.05, 0) is 52.9 Å². The number of esters is 1. The molecule has 0 aromatic carbocycles. The summed E-state index contributed by atoms with van der Waals surface area (Å²) in [6.45, 7) is 10.7. The number of hydrogen-bond acceptors (Lipinski definition) is 3. The molecule has 0 unspecified atom stereocenters. The highest BCUT2D eigenvalue weighted by atomic mass is 127. The van der Waals surface area contributed by atoms with E-state index in [-0.39, 0.29) is 29.2 Å². The Hall–Kier alpha value is 0.370. The molecule has 2 saturated heterocycles. The Morgan fingerprint density at radius 3 is 2.60 bits per heavy atom. The molecular formula is C20H28I2O3. The first-order chi connectivity index (χ1) is 11.6. The molecular weight excluding hydrogens is 542 g/mol. The summed E-state index contributed by atoms with van der Waals surface area (Å²) >= 11 is 5.11. The lowest BCUT2D eigenvalue weighted by molar-refractivity contribution is -0.169. The quantitative estimate of drug-likeness (QED) is 0.126. The Morgan fingerprint density at radius 2 is 1.88 bits per heavy atom. The minimum Gasteiger partial charge on any atom is -0.458 e. The van der Waals surface area contributed by atoms with Gasteiger partial charge in [0, 0.05) is 25.8 Å². The second kappa shape index (κ2) is 7.41. The van der Waals surface area contributed by atoms with E-state index in [1.165, 1.54) is 12.0 Å². The molecule has 3 aliphatic rings. The van der Waals surface area contributed by atoms with E-state index < -0.39 is 0 Å². The molecule has 0 aliphatic carbocycles. The molecule has 25 heavy (non-hydrogen) atoms. The smallest absolute Gasteiger partial charge is 0.334 e. The molecule has 3 rings (SSSR count). The summed E-state index contributed by atoms with van der Waals surface area (Å²) in [4.78, 5) is 12.1. The van der Waals surface area contributed by atoms with Gasteiger partial charge in [0.15, 0.2) is 0 Å². The van der Waals surface area contributed by atoms with E-state index in [1.807, 2.05) is 0 Å². The highest BCUT2D eigenvalue weighted by Crippen LogP contribution is 2.48. The van der Waals surface area contributed by atoms with Gasteiger partial charge in [-0.2, -0.15) is 0 Å². The van der Waals surface area contributed by atoms with Gasteiger partial charge in [-0.15, -0.1) is 0 Å². The zero-order chi connectivity index (χ0) is 18.4. The molecule has 3 heterocycles. The standard InChI is InChI=1S/C20H28I2O3/c1-12-6-5-8-19(3)16(21)7-9-20(4,25-19)17(22)11-14-13(2)18(23)24-15(14)10-12/h6,14-17H,2,5,7-11H2,1,3-4H3/b12-6-/t14-,15-,16-,17+,19+,20+/m0/s1. The fourth-order valence-electron chi connectivity index (χ4n) is 4.42. The molecule has 2 fully saturated rings. The van der Waals surface area contributed by atoms with Crippen molar-refractivity contribution in [3.05, 3.63) is 23.8 Å². The summed E-state index contributed by atoms with van der Waals surface area (Å²) in [6.07, 6.45) is 8.25. The summed E-state index contributed by atoms with van der Waals surface area (Å²) in [5.41, 5.74) is 1.69. The number of hydrogen-bond donors (Lipinski definition) is 0. The van der Waals surface area contributed by atoms with Crippen molar-refractivity contribution in [3.8, 4) is 0 Å². The largest absolute Gasteiger partial charge is 0.458 e. The van der Waals surface area contributed by atoms with Crippen molar-refractivity contribution in [3.63, 3.8) is 0 Å². The molecule has 0 radical (unpaired) electrons. The topological polar surface area (TPSA) is 35.5 Å². The highest BCUT2D eigenvalue weighted by molar-refractivity contribution is 14.1. The first-order valence-corrected chi connectivity index (χ1v) is 11.7. The molecule has 0 spiro atoms. The molecule has 140 valence electrons. The van der Waals surface area contributed by atoms with Crippen molar-refractivity contribution in [2.75, 3.05) is 0 Å². The predicted molar refractivity (Wildman–Crippen MR) is 117 cm³/mol. The van der Waals surface area contributed by atoms with E-state index in [9.17, 15) is 4.79 Å². The lowest BCUT2D eigenvalue weighted by Crippen LogP contribution is -2.55. The van der Waals surface area contributed by atoms with Gasteiger partial charge >= 0.3 is 5.97 Å². The molecule has 3 nitrogen and oxygen atoms in total. The van der Waals surface area contributed by atoms with E-state index in [0.29, 0.717) is 13.4 Å². The SMILES string of the molecule is C=C1C(=O)O[C@H]2C/C(C)=C\CC[C@@]3(C)O[C@](C)(CC[C@@H]3I)[C@H](I)C[C@@H]12. The summed E-state index contributed by atoms with van der Waals surface area (Å²) in [6, 6.07) is 0. The minimum atomic E-state index is -0.215. The fraction of sp³-hybridized carbons (Fsp3) is 0.750. The van der Waals surface area contributed by atoms with Crippen LogP contribution >= 0.6 is 45.2 Å². The highest BCUT2D eigenvalue weighted by Gasteiger charge is 2.50. The van der Waals surface area contributed by atoms with Crippen LogP contribution in [-0.2, 0) is 14.3 Å². The van der Waals surface area contributed by atoms with Crippen LogP contribution in [0.4, 0.5) is 0 Å². The van der Waals surface area contributed by atoms with Crippen LogP contribution in [0, 0.1) is 5.92 Å². The van der Waals surface area contributed by atoms with Crippen LogP contribution in [0.5, 0.6) is 0 Å². The van der Waals surface area contributed by atoms with Crippen molar-refractivity contribution < 1.29 is 14.3 Å². The maximum Gasteiger partial charge on any atom is 0.334 e. The number of halogens is 2. The van der Waals surface area contributed by atoms with Gasteiger partial charge in [0.1, 0.15) is 6.10 Å². The monoisotopic (exact) mass is 570 g/mol. The lowest BCUT2D eigenvalue weighted by Gasteiger charge is -2.50. The maximum atomic E-state index is 12.1. The Labute approximate surface area is 178 Å². The molecule has 5 heteroatoms. The van der Waals surface area contributed by atoms with Gasteiger partial charge in [-0.1, -0.05) is 63.4 Å². The zero-order valence-corrected chi connectivity index (χ0v) is 19.6. The van der Waals surface area contributed by atoms with Gasteiger partial charge in [0.25, 0.3) is 0 Å². The van der Waals surface area contributed by atoms with Crippen LogP contribution in [-0.4, -0.2) is 31.1 Å². The minimum absolute atomic E-state index is 0.0659. The van der Waals surface area contributed by atoms with Crippen LogP contribution < -0.4 is 0 Å². The van der Waals surface area contributed by atoms with Crippen LogP contribution in [0.25, 0.3) is 0 Å². The summed E-state index contributed by atoms with van der Waals surface area (Å²) < 4.78 is 13.3. The van der Waals surface area contributed by atoms with Crippen LogP contribution in [0.15, 0.2) is 23.8 Å². The van der Waals surface area contributed by atoms with Crippen molar-refractivity contribution in [1.29, 1.82) is 0 Å². The molecule has 3 aliphatic heterocycles. The third-order valence-corrected chi connectivity index (χ3v) is 9.99. The first kappa shape index (κ1) is 20.1. The Morgan fingerprint density at radius 1 is 1.20 bits per heavy atom. The Kier molecular flexibility index (Phi) is 5.96. The average Bonchev–Trinajstić information content (AvgIpc) is 2.78. The number of rotatable bonds is 0. The normalized spacial score (nSPS) is 47.8. The van der Waals surface area contributed by atoms with Crippen LogP contribution in [0.3, 0.4) is 0 Å². The molecule has 0 amide bonds. The van der Waals surface area contributed by atoms with Gasteiger partial charge in [0.05, 0.1) is 11.2 Å². The lowest BCUT2D eigenvalue weighted by atomic mass is 9.78. The fourth-order valence-corrected chi connectivity index (χ4v) is 6.16. The van der Waals surface area contributed by atoms with E-state index in [2.05, 4.69) is 78.6 Å². The second-order valence-corrected chi connectivity index (χ2v) is 11.3. The van der Waals surface area contributed by atoms with Gasteiger partial charge < -0.3 is 9.47 Å². The maximum absolute atomic E-state index is 12.1. The molecule has 0 aromatic heterocycles. The Bertz CT molecular complexity index is 602. The zero-order valence-electron chi connectivity index (χ0n) is 15.3. The number of fused-ring (bicyclic) bond motifs is 3. The number of carbonyl (C=O) groups is 1. The van der Waals surface area contributed by atoms with E-state index in [1.54, 1.807) is 0 Å². The van der Waals surface area contributed by atoms with E-state index in [4.69, 9.17) is 9.47 Å². The molecule has 6 atom stereocenters. The van der Waals surface area contributed by atoms with Gasteiger partial charge in [-0.3, -0.25) is 0 Å². The number of ether oxygens (including phenoxy) is 2. The van der Waals surface area contributed by atoms with Crippen molar-refractivity contribution >= 4 is 51.2 Å². The number of carbonyl (C=O) groups excluding carboxylic acids is 1. The summed E-state index contributed by atoms with van der Waals surface area (Å²) in [5, 5.41) is 0. The number of allylic oxidation sites excluding steroid dienone is 1. The van der Waals surface area contributed by atoms with Crippen molar-refractivity contribution in [2.24, 2.45) is 5.92 Å². The Balaban J connectivity index is 1.93. The van der Waals surface area contributed by atoms with Crippen molar-refractivity contribution in [1.82, 2.24) is 0 Å².